The molecule has 0 saturated carbocycles. The van der Waals surface area contributed by atoms with Crippen molar-refractivity contribution in [3.8, 4) is 11.1 Å². The topological polar surface area (TPSA) is 59.3 Å². The highest BCUT2D eigenvalue weighted by Crippen LogP contribution is 2.29. The molecule has 4 rings (SSSR count). The van der Waals surface area contributed by atoms with Crippen LogP contribution in [0.5, 0.6) is 0 Å². The molecule has 4 aromatic rings. The SMILES string of the molecule is Cc1cccc(-c2c(C)nn3c(C)c(C(=O)Nc4ccc(Cl)cc4C)cnc23)c1. The number of nitrogens with one attached hydrogen (secondary N) is 1. The van der Waals surface area contributed by atoms with Crippen molar-refractivity contribution in [2.75, 3.05) is 5.32 Å². The number of carbonyl (C=O) groups excluding carboxylic acids is 1. The first-order chi connectivity index (χ1) is 13.8. The number of halogens is 1. The number of fused-ring (bicyclic) bond motifs is 1. The monoisotopic (exact) mass is 404 g/mol. The molecule has 0 aliphatic heterocycles. The largest absolute Gasteiger partial charge is 0.322 e. The minimum atomic E-state index is -0.229. The summed E-state index contributed by atoms with van der Waals surface area (Å²) in [6.07, 6.45) is 1.62. The van der Waals surface area contributed by atoms with E-state index in [1.807, 2.05) is 32.9 Å². The van der Waals surface area contributed by atoms with Gasteiger partial charge in [-0.25, -0.2) is 9.50 Å². The van der Waals surface area contributed by atoms with E-state index >= 15 is 0 Å². The van der Waals surface area contributed by atoms with E-state index in [9.17, 15) is 4.79 Å². The van der Waals surface area contributed by atoms with E-state index in [1.54, 1.807) is 22.8 Å². The van der Waals surface area contributed by atoms with Crippen LogP contribution >= 0.6 is 11.6 Å². The number of aryl methyl sites for hydroxylation is 4. The fourth-order valence-electron chi connectivity index (χ4n) is 3.52. The van der Waals surface area contributed by atoms with Gasteiger partial charge in [0, 0.05) is 22.5 Å². The van der Waals surface area contributed by atoms with Gasteiger partial charge in [-0.3, -0.25) is 4.79 Å². The van der Waals surface area contributed by atoms with Crippen LogP contribution in [0.3, 0.4) is 0 Å². The number of rotatable bonds is 3. The molecule has 0 aliphatic rings. The molecule has 1 N–H and O–H groups in total. The van der Waals surface area contributed by atoms with Crippen LogP contribution in [-0.2, 0) is 0 Å². The minimum absolute atomic E-state index is 0.229. The molecule has 0 radical (unpaired) electrons. The van der Waals surface area contributed by atoms with Crippen molar-refractivity contribution in [1.29, 1.82) is 0 Å². The third-order valence-electron chi connectivity index (χ3n) is 5.05. The molecule has 0 atom stereocenters. The molecule has 2 heterocycles. The first-order valence-electron chi connectivity index (χ1n) is 9.34. The van der Waals surface area contributed by atoms with Gasteiger partial charge in [0.1, 0.15) is 0 Å². The molecule has 0 bridgehead atoms. The van der Waals surface area contributed by atoms with Gasteiger partial charge in [-0.05, 0) is 57.0 Å². The molecule has 0 saturated heterocycles. The predicted molar refractivity (Wildman–Crippen MR) is 117 cm³/mol. The maximum Gasteiger partial charge on any atom is 0.259 e. The summed E-state index contributed by atoms with van der Waals surface area (Å²) >= 11 is 6.00. The van der Waals surface area contributed by atoms with Crippen LogP contribution < -0.4 is 5.32 Å². The lowest BCUT2D eigenvalue weighted by Gasteiger charge is -2.11. The Morgan fingerprint density at radius 2 is 1.86 bits per heavy atom. The standard InChI is InChI=1S/C23H21ClN4O/c1-13-6-5-7-17(10-13)21-15(3)27-28-16(4)19(12-25-22(21)28)23(29)26-20-9-8-18(24)11-14(20)2/h5-12H,1-4H3,(H,26,29). The summed E-state index contributed by atoms with van der Waals surface area (Å²) in [4.78, 5) is 17.5. The van der Waals surface area contributed by atoms with Gasteiger partial charge in [0.25, 0.3) is 5.91 Å². The third-order valence-corrected chi connectivity index (χ3v) is 5.28. The van der Waals surface area contributed by atoms with Crippen LogP contribution in [0.25, 0.3) is 16.8 Å². The fourth-order valence-corrected chi connectivity index (χ4v) is 3.75. The molecule has 0 fully saturated rings. The van der Waals surface area contributed by atoms with Gasteiger partial charge >= 0.3 is 0 Å². The van der Waals surface area contributed by atoms with Crippen LogP contribution in [0.15, 0.2) is 48.7 Å². The summed E-state index contributed by atoms with van der Waals surface area (Å²) in [5.74, 6) is -0.229. The van der Waals surface area contributed by atoms with Gasteiger partial charge in [-0.2, -0.15) is 5.10 Å². The summed E-state index contributed by atoms with van der Waals surface area (Å²) in [6, 6.07) is 13.6. The van der Waals surface area contributed by atoms with Crippen LogP contribution in [0, 0.1) is 27.7 Å². The number of amides is 1. The van der Waals surface area contributed by atoms with Crippen molar-refractivity contribution in [1.82, 2.24) is 14.6 Å². The first kappa shape index (κ1) is 19.2. The molecule has 146 valence electrons. The highest BCUT2D eigenvalue weighted by atomic mass is 35.5. The van der Waals surface area contributed by atoms with Crippen LogP contribution in [-0.4, -0.2) is 20.5 Å². The zero-order valence-electron chi connectivity index (χ0n) is 16.7. The maximum atomic E-state index is 12.9. The highest BCUT2D eigenvalue weighted by molar-refractivity contribution is 6.30. The number of nitrogens with zero attached hydrogens (tertiary/aromatic N) is 3. The Balaban J connectivity index is 1.76. The van der Waals surface area contributed by atoms with Crippen molar-refractivity contribution in [2.45, 2.75) is 27.7 Å². The van der Waals surface area contributed by atoms with Crippen LogP contribution in [0.4, 0.5) is 5.69 Å². The van der Waals surface area contributed by atoms with Gasteiger partial charge in [-0.1, -0.05) is 41.4 Å². The molecule has 0 spiro atoms. The minimum Gasteiger partial charge on any atom is -0.322 e. The Labute approximate surface area is 174 Å². The van der Waals surface area contributed by atoms with Gasteiger partial charge in [0.15, 0.2) is 5.65 Å². The maximum absolute atomic E-state index is 12.9. The quantitative estimate of drug-likeness (QED) is 0.488. The molecule has 2 aromatic heterocycles. The third kappa shape index (κ3) is 3.49. The van der Waals surface area contributed by atoms with Gasteiger partial charge in [0.05, 0.1) is 17.0 Å². The Hall–Kier alpha value is -3.18. The summed E-state index contributed by atoms with van der Waals surface area (Å²) in [6.45, 7) is 7.80. The average molecular weight is 405 g/mol. The normalized spacial score (nSPS) is 11.1. The van der Waals surface area contributed by atoms with E-state index in [1.165, 1.54) is 5.56 Å². The molecule has 2 aromatic carbocycles. The molecule has 0 unspecified atom stereocenters. The molecule has 5 nitrogen and oxygen atoms in total. The van der Waals surface area contributed by atoms with Crippen molar-refractivity contribution in [2.24, 2.45) is 0 Å². The van der Waals surface area contributed by atoms with Crippen molar-refractivity contribution in [3.05, 3.63) is 81.8 Å². The van der Waals surface area contributed by atoms with Crippen molar-refractivity contribution < 1.29 is 4.79 Å². The van der Waals surface area contributed by atoms with Crippen molar-refractivity contribution in [3.63, 3.8) is 0 Å². The second-order valence-corrected chi connectivity index (χ2v) is 7.67. The van der Waals surface area contributed by atoms with Crippen LogP contribution in [0.2, 0.25) is 5.02 Å². The lowest BCUT2D eigenvalue weighted by atomic mass is 10.0. The summed E-state index contributed by atoms with van der Waals surface area (Å²) in [5.41, 5.74) is 7.67. The van der Waals surface area contributed by atoms with E-state index in [0.717, 1.165) is 39.4 Å². The van der Waals surface area contributed by atoms with Gasteiger partial charge in [0.2, 0.25) is 0 Å². The number of anilines is 1. The molecular formula is C23H21ClN4O. The number of aromatic nitrogens is 3. The van der Waals surface area contributed by atoms with E-state index in [-0.39, 0.29) is 5.91 Å². The Kier molecular flexibility index (Phi) is 4.84. The molecule has 0 aliphatic carbocycles. The van der Waals surface area contributed by atoms with E-state index in [0.29, 0.717) is 10.6 Å². The average Bonchev–Trinajstić information content (AvgIpc) is 3.01. The second kappa shape index (κ2) is 7.33. The van der Waals surface area contributed by atoms with E-state index in [4.69, 9.17) is 11.6 Å². The van der Waals surface area contributed by atoms with E-state index in [2.05, 4.69) is 40.5 Å². The lowest BCUT2D eigenvalue weighted by molar-refractivity contribution is 0.102. The number of hydrogen-bond acceptors (Lipinski definition) is 3. The van der Waals surface area contributed by atoms with Gasteiger partial charge < -0.3 is 5.32 Å². The Bertz CT molecular complexity index is 1260. The second-order valence-electron chi connectivity index (χ2n) is 7.24. The predicted octanol–water partition coefficient (Wildman–Crippen LogP) is 5.54. The zero-order valence-corrected chi connectivity index (χ0v) is 17.5. The summed E-state index contributed by atoms with van der Waals surface area (Å²) in [7, 11) is 0. The lowest BCUT2D eigenvalue weighted by Crippen LogP contribution is -2.16. The van der Waals surface area contributed by atoms with Gasteiger partial charge in [-0.15, -0.1) is 0 Å². The zero-order chi connectivity index (χ0) is 20.7. The number of carbonyl (C=O) groups is 1. The number of benzene rings is 2. The Morgan fingerprint density at radius 3 is 2.59 bits per heavy atom. The van der Waals surface area contributed by atoms with E-state index < -0.39 is 0 Å². The molecule has 1 amide bonds. The number of hydrogen-bond donors (Lipinski definition) is 1. The fraction of sp³-hybridized carbons (Fsp3) is 0.174. The molecule has 29 heavy (non-hydrogen) atoms. The first-order valence-corrected chi connectivity index (χ1v) is 9.72. The Morgan fingerprint density at radius 1 is 1.07 bits per heavy atom. The highest BCUT2D eigenvalue weighted by Gasteiger charge is 2.19. The molecular weight excluding hydrogens is 384 g/mol. The smallest absolute Gasteiger partial charge is 0.259 e. The summed E-state index contributed by atoms with van der Waals surface area (Å²) < 4.78 is 1.75. The summed E-state index contributed by atoms with van der Waals surface area (Å²) in [5, 5.41) is 8.23. The molecule has 6 heteroatoms. The van der Waals surface area contributed by atoms with Crippen molar-refractivity contribution >= 4 is 28.8 Å². The van der Waals surface area contributed by atoms with Crippen LogP contribution in [0.1, 0.15) is 32.9 Å².